The number of rotatable bonds is 5. The Morgan fingerprint density at radius 2 is 1.33 bits per heavy atom. The van der Waals surface area contributed by atoms with E-state index in [2.05, 4.69) is 74.5 Å². The first kappa shape index (κ1) is 18.8. The number of aromatic nitrogens is 4. The Balaban J connectivity index is 1.94. The molecule has 0 aliphatic carbocycles. The molecule has 2 aromatic heterocycles. The smallest absolute Gasteiger partial charge is 0.0951 e. The Bertz CT molecular complexity index is 678. The second-order valence-electron chi connectivity index (χ2n) is 8.95. The summed E-state index contributed by atoms with van der Waals surface area (Å²) in [6.07, 6.45) is 6.30. The predicted octanol–water partition coefficient (Wildman–Crippen LogP) is 4.77. The first-order chi connectivity index (χ1) is 11.0. The van der Waals surface area contributed by atoms with Crippen LogP contribution in [0.5, 0.6) is 0 Å². The van der Waals surface area contributed by atoms with Crippen molar-refractivity contribution in [3.63, 3.8) is 0 Å². The van der Waals surface area contributed by atoms with Gasteiger partial charge in [0.15, 0.2) is 0 Å². The molecule has 0 saturated carbocycles. The average molecular weight is 331 g/mol. The number of aryl methyl sites for hydroxylation is 3. The van der Waals surface area contributed by atoms with Crippen molar-refractivity contribution in [1.82, 2.24) is 19.1 Å². The Kier molecular flexibility index (Phi) is 5.26. The highest BCUT2D eigenvalue weighted by atomic mass is 15.1. The van der Waals surface area contributed by atoms with E-state index in [0.717, 1.165) is 31.6 Å². The van der Waals surface area contributed by atoms with Crippen LogP contribution in [0.2, 0.25) is 0 Å². The molecule has 2 heterocycles. The highest BCUT2D eigenvalue weighted by Crippen LogP contribution is 2.26. The topological polar surface area (TPSA) is 35.6 Å². The van der Waals surface area contributed by atoms with Gasteiger partial charge in [-0.25, -0.2) is 9.97 Å². The van der Waals surface area contributed by atoms with Crippen LogP contribution in [0.3, 0.4) is 0 Å². The van der Waals surface area contributed by atoms with Crippen LogP contribution in [0.15, 0.2) is 12.7 Å². The summed E-state index contributed by atoms with van der Waals surface area (Å²) in [4.78, 5) is 9.13. The van der Waals surface area contributed by atoms with Gasteiger partial charge in [-0.05, 0) is 26.7 Å². The molecule has 0 unspecified atom stereocenters. The number of imidazole rings is 2. The van der Waals surface area contributed by atoms with Crippen molar-refractivity contribution >= 4 is 0 Å². The fourth-order valence-corrected chi connectivity index (χ4v) is 3.60. The van der Waals surface area contributed by atoms with Crippen molar-refractivity contribution in [2.45, 2.75) is 92.2 Å². The lowest BCUT2D eigenvalue weighted by Gasteiger charge is -2.22. The van der Waals surface area contributed by atoms with Crippen molar-refractivity contribution in [1.29, 1.82) is 0 Å². The van der Waals surface area contributed by atoms with Crippen LogP contribution in [0.4, 0.5) is 0 Å². The Labute approximate surface area is 147 Å². The molecule has 0 aromatic carbocycles. The van der Waals surface area contributed by atoms with Crippen LogP contribution in [0.1, 0.15) is 77.2 Å². The van der Waals surface area contributed by atoms with Crippen LogP contribution in [-0.4, -0.2) is 19.1 Å². The fourth-order valence-electron chi connectivity index (χ4n) is 3.60. The Morgan fingerprint density at radius 3 is 1.83 bits per heavy atom. The zero-order valence-corrected chi connectivity index (χ0v) is 16.8. The van der Waals surface area contributed by atoms with Crippen LogP contribution in [0, 0.1) is 13.8 Å². The quantitative estimate of drug-likeness (QED) is 0.740. The van der Waals surface area contributed by atoms with Crippen LogP contribution >= 0.6 is 0 Å². The fraction of sp³-hybridized carbons (Fsp3) is 0.700. The predicted molar refractivity (Wildman–Crippen MR) is 101 cm³/mol. The lowest BCUT2D eigenvalue weighted by Crippen LogP contribution is -2.19. The van der Waals surface area contributed by atoms with Crippen molar-refractivity contribution < 1.29 is 0 Å². The van der Waals surface area contributed by atoms with Gasteiger partial charge >= 0.3 is 0 Å². The van der Waals surface area contributed by atoms with Gasteiger partial charge in [-0.3, -0.25) is 0 Å². The molecule has 0 aliphatic heterocycles. The summed E-state index contributed by atoms with van der Waals surface area (Å²) >= 11 is 0. The number of nitrogens with zero attached hydrogens (tertiary/aromatic N) is 4. The van der Waals surface area contributed by atoms with Gasteiger partial charge in [-0.2, -0.15) is 0 Å². The van der Waals surface area contributed by atoms with Gasteiger partial charge in [0, 0.05) is 35.3 Å². The van der Waals surface area contributed by atoms with Gasteiger partial charge < -0.3 is 9.13 Å². The maximum absolute atomic E-state index is 4.62. The molecule has 2 aromatic rings. The zero-order valence-electron chi connectivity index (χ0n) is 16.8. The Hall–Kier alpha value is -1.58. The second-order valence-corrected chi connectivity index (χ2v) is 8.95. The first-order valence-corrected chi connectivity index (χ1v) is 9.06. The van der Waals surface area contributed by atoms with Crippen LogP contribution in [0.25, 0.3) is 0 Å². The molecule has 0 saturated heterocycles. The van der Waals surface area contributed by atoms with E-state index in [1.807, 2.05) is 12.7 Å². The van der Waals surface area contributed by atoms with E-state index in [-0.39, 0.29) is 10.8 Å². The van der Waals surface area contributed by atoms with Crippen molar-refractivity contribution in [2.24, 2.45) is 0 Å². The molecule has 4 heteroatoms. The summed E-state index contributed by atoms with van der Waals surface area (Å²) in [5.74, 6) is 0. The molecule has 0 radical (unpaired) electrons. The van der Waals surface area contributed by atoms with Gasteiger partial charge in [0.2, 0.25) is 0 Å². The summed E-state index contributed by atoms with van der Waals surface area (Å²) in [5.41, 5.74) is 5.28. The maximum Gasteiger partial charge on any atom is 0.0951 e. The van der Waals surface area contributed by atoms with Gasteiger partial charge in [-0.1, -0.05) is 41.5 Å². The van der Waals surface area contributed by atoms with Gasteiger partial charge in [0.25, 0.3) is 0 Å². The van der Waals surface area contributed by atoms with Gasteiger partial charge in [0.1, 0.15) is 0 Å². The van der Waals surface area contributed by atoms with Crippen molar-refractivity contribution in [3.8, 4) is 0 Å². The molecule has 2 rings (SSSR count). The average Bonchev–Trinajstić information content (AvgIpc) is 2.97. The normalized spacial score (nSPS) is 12.8. The van der Waals surface area contributed by atoms with E-state index in [1.54, 1.807) is 0 Å². The lowest BCUT2D eigenvalue weighted by atomic mass is 9.90. The van der Waals surface area contributed by atoms with E-state index in [0.29, 0.717) is 0 Å². The molecule has 0 aliphatic rings. The molecule has 0 bridgehead atoms. The lowest BCUT2D eigenvalue weighted by molar-refractivity contribution is 0.485. The minimum atomic E-state index is 0.116. The molecule has 0 atom stereocenters. The number of hydrogen-bond acceptors (Lipinski definition) is 2. The van der Waals surface area contributed by atoms with E-state index >= 15 is 0 Å². The highest BCUT2D eigenvalue weighted by Gasteiger charge is 2.22. The van der Waals surface area contributed by atoms with Crippen LogP contribution < -0.4 is 0 Å². The third kappa shape index (κ3) is 4.08. The van der Waals surface area contributed by atoms with E-state index in [9.17, 15) is 0 Å². The molecular formula is C20H34N4. The standard InChI is InChI=1S/C20H34N4/c1-15-18(20(6,7)8)24(13-21-15)12-10-9-11-23-14-22-17(16(23)2)19(3,4)5/h13-14H,9-12H2,1-8H3. The third-order valence-electron chi connectivity index (χ3n) is 4.59. The maximum atomic E-state index is 4.62. The zero-order chi connectivity index (χ0) is 18.1. The summed E-state index contributed by atoms with van der Waals surface area (Å²) < 4.78 is 4.63. The van der Waals surface area contributed by atoms with Crippen molar-refractivity contribution in [3.05, 3.63) is 35.4 Å². The molecule has 24 heavy (non-hydrogen) atoms. The minimum absolute atomic E-state index is 0.116. The summed E-state index contributed by atoms with van der Waals surface area (Å²) in [5, 5.41) is 0. The Morgan fingerprint density at radius 1 is 0.792 bits per heavy atom. The summed E-state index contributed by atoms with van der Waals surface area (Å²) in [6, 6.07) is 0. The van der Waals surface area contributed by atoms with Crippen molar-refractivity contribution in [2.75, 3.05) is 0 Å². The number of unbranched alkanes of at least 4 members (excludes halogenated alkanes) is 1. The number of hydrogen-bond donors (Lipinski definition) is 0. The molecule has 0 N–H and O–H groups in total. The third-order valence-corrected chi connectivity index (χ3v) is 4.59. The minimum Gasteiger partial charge on any atom is -0.335 e. The largest absolute Gasteiger partial charge is 0.335 e. The first-order valence-electron chi connectivity index (χ1n) is 9.06. The molecule has 4 nitrogen and oxygen atoms in total. The summed E-state index contributed by atoms with van der Waals surface area (Å²) in [7, 11) is 0. The SMILES string of the molecule is Cc1ncn(CCCCn2cnc(C(C)(C)C)c2C)c1C(C)(C)C. The van der Waals surface area contributed by atoms with Crippen LogP contribution in [-0.2, 0) is 23.9 Å². The van der Waals surface area contributed by atoms with E-state index < -0.39 is 0 Å². The molecule has 0 fully saturated rings. The van der Waals surface area contributed by atoms with Gasteiger partial charge in [0.05, 0.1) is 24.0 Å². The van der Waals surface area contributed by atoms with E-state index in [4.69, 9.17) is 0 Å². The molecular weight excluding hydrogens is 296 g/mol. The summed E-state index contributed by atoms with van der Waals surface area (Å²) in [6.45, 7) is 19.8. The molecule has 0 amide bonds. The molecule has 134 valence electrons. The monoisotopic (exact) mass is 330 g/mol. The van der Waals surface area contributed by atoms with Gasteiger partial charge in [-0.15, -0.1) is 0 Å². The highest BCUT2D eigenvalue weighted by molar-refractivity contribution is 5.20. The van der Waals surface area contributed by atoms with E-state index in [1.165, 1.54) is 17.1 Å². The molecule has 0 spiro atoms. The second kappa shape index (κ2) is 6.73.